The molecule has 5 heteroatoms. The van der Waals surface area contributed by atoms with Crippen molar-refractivity contribution in [3.63, 3.8) is 0 Å². The number of nitrogens with one attached hydrogen (secondary N) is 1. The smallest absolute Gasteiger partial charge is 0.222 e. The number of nitrogens with zero attached hydrogens (tertiary/aromatic N) is 1. The molecule has 3 N–H and O–H groups in total. The van der Waals surface area contributed by atoms with Crippen LogP contribution in [0, 0.1) is 0 Å². The summed E-state index contributed by atoms with van der Waals surface area (Å²) in [5, 5.41) is 2.80. The SMILES string of the molecule is NCCC(=O)NCCCN1CCCCCC1=O. The molecule has 1 aliphatic heterocycles. The van der Waals surface area contributed by atoms with Crippen molar-refractivity contribution in [3.8, 4) is 0 Å². The Labute approximate surface area is 103 Å². The van der Waals surface area contributed by atoms with Crippen LogP contribution in [0.5, 0.6) is 0 Å². The molecule has 0 saturated carbocycles. The molecule has 1 saturated heterocycles. The zero-order chi connectivity index (χ0) is 12.5. The lowest BCUT2D eigenvalue weighted by molar-refractivity contribution is -0.130. The van der Waals surface area contributed by atoms with Crippen LogP contribution in [0.4, 0.5) is 0 Å². The maximum Gasteiger partial charge on any atom is 0.222 e. The van der Waals surface area contributed by atoms with Crippen molar-refractivity contribution < 1.29 is 9.59 Å². The Morgan fingerprint density at radius 3 is 2.94 bits per heavy atom. The second-order valence-electron chi connectivity index (χ2n) is 4.43. The van der Waals surface area contributed by atoms with Gasteiger partial charge in [0.25, 0.3) is 0 Å². The Balaban J connectivity index is 2.12. The monoisotopic (exact) mass is 241 g/mol. The molecule has 1 rings (SSSR count). The maximum absolute atomic E-state index is 11.7. The highest BCUT2D eigenvalue weighted by atomic mass is 16.2. The number of nitrogens with two attached hydrogens (primary N) is 1. The van der Waals surface area contributed by atoms with E-state index in [1.54, 1.807) is 0 Å². The third-order valence-corrected chi connectivity index (χ3v) is 2.97. The van der Waals surface area contributed by atoms with Crippen LogP contribution >= 0.6 is 0 Å². The van der Waals surface area contributed by atoms with Crippen LogP contribution < -0.4 is 11.1 Å². The predicted octanol–water partition coefficient (Wildman–Crippen LogP) is 0.244. The van der Waals surface area contributed by atoms with E-state index in [1.807, 2.05) is 4.90 Å². The molecule has 2 amide bonds. The van der Waals surface area contributed by atoms with Crippen LogP contribution in [0.25, 0.3) is 0 Å². The molecule has 0 unspecified atom stereocenters. The molecule has 0 radical (unpaired) electrons. The molecule has 0 spiro atoms. The van der Waals surface area contributed by atoms with Gasteiger partial charge in [-0.15, -0.1) is 0 Å². The van der Waals surface area contributed by atoms with Crippen LogP contribution in [0.15, 0.2) is 0 Å². The number of amides is 2. The van der Waals surface area contributed by atoms with Gasteiger partial charge < -0.3 is 16.0 Å². The van der Waals surface area contributed by atoms with Crippen molar-refractivity contribution in [3.05, 3.63) is 0 Å². The van der Waals surface area contributed by atoms with Gasteiger partial charge in [0, 0.05) is 39.0 Å². The number of carbonyl (C=O) groups is 2. The van der Waals surface area contributed by atoms with Gasteiger partial charge in [0.15, 0.2) is 0 Å². The zero-order valence-electron chi connectivity index (χ0n) is 10.4. The highest BCUT2D eigenvalue weighted by molar-refractivity contribution is 5.76. The summed E-state index contributed by atoms with van der Waals surface area (Å²) in [6.45, 7) is 2.64. The van der Waals surface area contributed by atoms with Crippen molar-refractivity contribution in [1.82, 2.24) is 10.2 Å². The number of rotatable bonds is 6. The molecule has 0 aliphatic carbocycles. The van der Waals surface area contributed by atoms with Crippen molar-refractivity contribution in [2.24, 2.45) is 5.73 Å². The third kappa shape index (κ3) is 5.68. The molecule has 1 aliphatic rings. The Bertz CT molecular complexity index is 256. The van der Waals surface area contributed by atoms with E-state index in [0.29, 0.717) is 25.9 Å². The number of hydrogen-bond donors (Lipinski definition) is 2. The standard InChI is InChI=1S/C12H23N3O2/c13-7-6-11(16)14-8-4-10-15-9-3-1-2-5-12(15)17/h1-10,13H2,(H,14,16). The molecule has 17 heavy (non-hydrogen) atoms. The van der Waals surface area contributed by atoms with E-state index < -0.39 is 0 Å². The fourth-order valence-electron chi connectivity index (χ4n) is 1.99. The Hall–Kier alpha value is -1.10. The van der Waals surface area contributed by atoms with Crippen molar-refractivity contribution in [2.45, 2.75) is 38.5 Å². The normalized spacial score (nSPS) is 16.8. The Kier molecular flexibility index (Phi) is 6.62. The van der Waals surface area contributed by atoms with Crippen molar-refractivity contribution in [1.29, 1.82) is 0 Å². The predicted molar refractivity (Wildman–Crippen MR) is 66.3 cm³/mol. The van der Waals surface area contributed by atoms with Gasteiger partial charge in [0.1, 0.15) is 0 Å². The molecule has 1 fully saturated rings. The van der Waals surface area contributed by atoms with Gasteiger partial charge >= 0.3 is 0 Å². The molecule has 0 aromatic carbocycles. The van der Waals surface area contributed by atoms with E-state index in [-0.39, 0.29) is 11.8 Å². The Morgan fingerprint density at radius 1 is 1.35 bits per heavy atom. The van der Waals surface area contributed by atoms with Crippen LogP contribution in [-0.4, -0.2) is 42.9 Å². The van der Waals surface area contributed by atoms with Crippen molar-refractivity contribution in [2.75, 3.05) is 26.2 Å². The molecule has 98 valence electrons. The minimum Gasteiger partial charge on any atom is -0.356 e. The molecule has 1 heterocycles. The second-order valence-corrected chi connectivity index (χ2v) is 4.43. The fourth-order valence-corrected chi connectivity index (χ4v) is 1.99. The number of hydrogen-bond acceptors (Lipinski definition) is 3. The van der Waals surface area contributed by atoms with Crippen LogP contribution in [0.3, 0.4) is 0 Å². The molecule has 0 bridgehead atoms. The lowest BCUT2D eigenvalue weighted by Gasteiger charge is -2.20. The first kappa shape index (κ1) is 14.0. The summed E-state index contributed by atoms with van der Waals surface area (Å²) in [4.78, 5) is 24.7. The largest absolute Gasteiger partial charge is 0.356 e. The van der Waals surface area contributed by atoms with E-state index >= 15 is 0 Å². The molecule has 5 nitrogen and oxygen atoms in total. The Morgan fingerprint density at radius 2 is 2.18 bits per heavy atom. The van der Waals surface area contributed by atoms with E-state index in [4.69, 9.17) is 5.73 Å². The summed E-state index contributed by atoms with van der Waals surface area (Å²) >= 11 is 0. The van der Waals surface area contributed by atoms with E-state index in [9.17, 15) is 9.59 Å². The number of likely N-dealkylation sites (tertiary alicyclic amines) is 1. The van der Waals surface area contributed by atoms with E-state index in [0.717, 1.165) is 38.8 Å². The second kappa shape index (κ2) is 8.06. The quantitative estimate of drug-likeness (QED) is 0.654. The highest BCUT2D eigenvalue weighted by Crippen LogP contribution is 2.10. The first-order valence-electron chi connectivity index (χ1n) is 6.48. The highest BCUT2D eigenvalue weighted by Gasteiger charge is 2.15. The molecular formula is C12H23N3O2. The minimum atomic E-state index is -0.00491. The average Bonchev–Trinajstić information content (AvgIpc) is 2.50. The van der Waals surface area contributed by atoms with Crippen LogP contribution in [-0.2, 0) is 9.59 Å². The lowest BCUT2D eigenvalue weighted by atomic mass is 10.2. The topological polar surface area (TPSA) is 75.4 Å². The van der Waals surface area contributed by atoms with Gasteiger partial charge in [0.2, 0.25) is 11.8 Å². The third-order valence-electron chi connectivity index (χ3n) is 2.97. The summed E-state index contributed by atoms with van der Waals surface area (Å²) in [7, 11) is 0. The molecule has 0 aromatic rings. The maximum atomic E-state index is 11.7. The fraction of sp³-hybridized carbons (Fsp3) is 0.833. The summed E-state index contributed by atoms with van der Waals surface area (Å²) in [6, 6.07) is 0. The van der Waals surface area contributed by atoms with Gasteiger partial charge in [-0.05, 0) is 19.3 Å². The van der Waals surface area contributed by atoms with Crippen molar-refractivity contribution >= 4 is 11.8 Å². The lowest BCUT2D eigenvalue weighted by Crippen LogP contribution is -2.34. The summed E-state index contributed by atoms with van der Waals surface area (Å²) in [6.07, 6.45) is 5.15. The minimum absolute atomic E-state index is 0.00491. The van der Waals surface area contributed by atoms with E-state index in [1.165, 1.54) is 0 Å². The summed E-state index contributed by atoms with van der Waals surface area (Å²) in [5.74, 6) is 0.255. The van der Waals surface area contributed by atoms with Gasteiger partial charge in [-0.25, -0.2) is 0 Å². The first-order valence-corrected chi connectivity index (χ1v) is 6.48. The summed E-state index contributed by atoms with van der Waals surface area (Å²) in [5.41, 5.74) is 5.27. The van der Waals surface area contributed by atoms with Gasteiger partial charge in [-0.2, -0.15) is 0 Å². The van der Waals surface area contributed by atoms with E-state index in [2.05, 4.69) is 5.32 Å². The first-order chi connectivity index (χ1) is 8.24. The summed E-state index contributed by atoms with van der Waals surface area (Å²) < 4.78 is 0. The molecular weight excluding hydrogens is 218 g/mol. The zero-order valence-corrected chi connectivity index (χ0v) is 10.4. The number of carbonyl (C=O) groups excluding carboxylic acids is 2. The van der Waals surface area contributed by atoms with Gasteiger partial charge in [-0.1, -0.05) is 6.42 Å². The molecule has 0 aromatic heterocycles. The molecule has 0 atom stereocenters. The van der Waals surface area contributed by atoms with Gasteiger partial charge in [-0.3, -0.25) is 9.59 Å². The van der Waals surface area contributed by atoms with Crippen LogP contribution in [0.1, 0.15) is 38.5 Å². The average molecular weight is 241 g/mol. The van der Waals surface area contributed by atoms with Gasteiger partial charge in [0.05, 0.1) is 0 Å². The van der Waals surface area contributed by atoms with Crippen LogP contribution in [0.2, 0.25) is 0 Å².